The first-order chi connectivity index (χ1) is 9.11. The van der Waals surface area contributed by atoms with Crippen LogP contribution in [0.2, 0.25) is 0 Å². The van der Waals surface area contributed by atoms with E-state index in [0.717, 1.165) is 0 Å². The molecule has 1 atom stereocenters. The van der Waals surface area contributed by atoms with Gasteiger partial charge in [-0.2, -0.15) is 5.26 Å². The zero-order valence-electron chi connectivity index (χ0n) is 9.99. The van der Waals surface area contributed by atoms with E-state index >= 15 is 0 Å². The number of nitrogens with zero attached hydrogens (tertiary/aromatic N) is 4. The lowest BCUT2D eigenvalue weighted by Crippen LogP contribution is -2.11. The zero-order chi connectivity index (χ0) is 13.8. The number of hydrogen-bond acceptors (Lipinski definition) is 6. The Kier molecular flexibility index (Phi) is 3.38. The van der Waals surface area contributed by atoms with E-state index in [9.17, 15) is 10.1 Å². The second kappa shape index (κ2) is 5.14. The smallest absolute Gasteiger partial charge is 0.312 e. The van der Waals surface area contributed by atoms with Crippen molar-refractivity contribution in [3.05, 3.63) is 46.2 Å². The first-order valence-corrected chi connectivity index (χ1v) is 5.42. The second-order valence-electron chi connectivity index (χ2n) is 3.80. The van der Waals surface area contributed by atoms with E-state index < -0.39 is 4.92 Å². The second-order valence-corrected chi connectivity index (χ2v) is 3.80. The fraction of sp³-hybridized carbons (Fsp3) is 0.182. The summed E-state index contributed by atoms with van der Waals surface area (Å²) in [5.41, 5.74) is -0.0969. The molecule has 8 nitrogen and oxygen atoms in total. The highest BCUT2D eigenvalue weighted by Gasteiger charge is 2.19. The summed E-state index contributed by atoms with van der Waals surface area (Å²) in [6, 6.07) is 2.73. The molecular weight excluding hydrogens is 248 g/mol. The fourth-order valence-electron chi connectivity index (χ4n) is 1.55. The minimum atomic E-state index is -0.578. The summed E-state index contributed by atoms with van der Waals surface area (Å²) < 4.78 is 0. The van der Waals surface area contributed by atoms with Crippen molar-refractivity contribution in [2.45, 2.75) is 13.0 Å². The maximum atomic E-state index is 11.0. The van der Waals surface area contributed by atoms with Gasteiger partial charge in [-0.3, -0.25) is 10.1 Å². The topological polar surface area (TPSA) is 121 Å². The Balaban J connectivity index is 2.30. The molecule has 0 amide bonds. The predicted molar refractivity (Wildman–Crippen MR) is 66.2 cm³/mol. The lowest BCUT2D eigenvalue weighted by molar-refractivity contribution is -0.384. The van der Waals surface area contributed by atoms with Gasteiger partial charge in [0.15, 0.2) is 0 Å². The molecule has 0 spiro atoms. The van der Waals surface area contributed by atoms with Gasteiger partial charge >= 0.3 is 5.69 Å². The normalized spacial score (nSPS) is 11.6. The number of H-pyrrole nitrogens is 1. The van der Waals surface area contributed by atoms with Crippen molar-refractivity contribution in [2.24, 2.45) is 0 Å². The third-order valence-corrected chi connectivity index (χ3v) is 2.48. The van der Waals surface area contributed by atoms with E-state index in [1.807, 2.05) is 6.07 Å². The van der Waals surface area contributed by atoms with Gasteiger partial charge in [-0.05, 0) is 6.92 Å². The Labute approximate surface area is 108 Å². The molecule has 2 heterocycles. The lowest BCUT2D eigenvalue weighted by atomic mass is 10.2. The molecule has 0 radical (unpaired) electrons. The van der Waals surface area contributed by atoms with E-state index in [-0.39, 0.29) is 23.1 Å². The van der Waals surface area contributed by atoms with Crippen LogP contribution in [0, 0.1) is 21.4 Å². The number of nitro groups is 1. The third-order valence-electron chi connectivity index (χ3n) is 2.48. The summed E-state index contributed by atoms with van der Waals surface area (Å²) in [4.78, 5) is 21.2. The molecule has 19 heavy (non-hydrogen) atoms. The van der Waals surface area contributed by atoms with Gasteiger partial charge in [0.05, 0.1) is 16.5 Å². The molecule has 96 valence electrons. The molecule has 2 aromatic heterocycles. The molecule has 0 saturated heterocycles. The van der Waals surface area contributed by atoms with Crippen LogP contribution in [0.5, 0.6) is 0 Å². The molecule has 0 bridgehead atoms. The first kappa shape index (κ1) is 12.5. The van der Waals surface area contributed by atoms with Gasteiger partial charge in [-0.1, -0.05) is 0 Å². The van der Waals surface area contributed by atoms with Gasteiger partial charge in [0.2, 0.25) is 5.82 Å². The van der Waals surface area contributed by atoms with Crippen LogP contribution in [-0.2, 0) is 0 Å². The highest BCUT2D eigenvalue weighted by Crippen LogP contribution is 2.25. The summed E-state index contributed by atoms with van der Waals surface area (Å²) in [7, 11) is 0. The summed E-state index contributed by atoms with van der Waals surface area (Å²) in [5.74, 6) is 0.744. The number of anilines is 1. The van der Waals surface area contributed by atoms with Crippen LogP contribution in [0.25, 0.3) is 0 Å². The number of imidazole rings is 1. The van der Waals surface area contributed by atoms with Crippen LogP contribution in [0.4, 0.5) is 11.5 Å². The number of aromatic nitrogens is 3. The van der Waals surface area contributed by atoms with Crippen molar-refractivity contribution in [3.8, 4) is 6.07 Å². The van der Waals surface area contributed by atoms with Crippen molar-refractivity contribution in [1.82, 2.24) is 15.0 Å². The van der Waals surface area contributed by atoms with Gasteiger partial charge < -0.3 is 10.3 Å². The number of nitrogens with one attached hydrogen (secondary N) is 2. The molecule has 2 aromatic rings. The number of aromatic amines is 1. The highest BCUT2D eigenvalue weighted by molar-refractivity contribution is 5.58. The van der Waals surface area contributed by atoms with Crippen molar-refractivity contribution in [3.63, 3.8) is 0 Å². The third kappa shape index (κ3) is 2.66. The molecule has 0 aliphatic carbocycles. The number of rotatable bonds is 4. The molecule has 2 N–H and O–H groups in total. The molecule has 1 unspecified atom stereocenters. The van der Waals surface area contributed by atoms with Crippen molar-refractivity contribution in [2.75, 3.05) is 5.32 Å². The molecule has 0 fully saturated rings. The van der Waals surface area contributed by atoms with Crippen LogP contribution >= 0.6 is 0 Å². The van der Waals surface area contributed by atoms with E-state index in [1.165, 1.54) is 12.3 Å². The molecule has 0 aliphatic rings. The monoisotopic (exact) mass is 258 g/mol. The minimum absolute atomic E-state index is 0.105. The average molecular weight is 258 g/mol. The Morgan fingerprint density at radius 3 is 2.95 bits per heavy atom. The predicted octanol–water partition coefficient (Wildman–Crippen LogP) is 1.76. The van der Waals surface area contributed by atoms with Crippen molar-refractivity contribution in [1.29, 1.82) is 5.26 Å². The van der Waals surface area contributed by atoms with Gasteiger partial charge in [-0.15, -0.1) is 0 Å². The van der Waals surface area contributed by atoms with Gasteiger partial charge in [-0.25, -0.2) is 9.97 Å². The first-order valence-electron chi connectivity index (χ1n) is 5.42. The van der Waals surface area contributed by atoms with Gasteiger partial charge in [0.25, 0.3) is 0 Å². The number of pyridine rings is 1. The van der Waals surface area contributed by atoms with E-state index in [2.05, 4.69) is 20.3 Å². The lowest BCUT2D eigenvalue weighted by Gasteiger charge is -2.12. The fourth-order valence-corrected chi connectivity index (χ4v) is 1.55. The van der Waals surface area contributed by atoms with Crippen molar-refractivity contribution >= 4 is 11.5 Å². The van der Waals surface area contributed by atoms with E-state index in [1.54, 1.807) is 19.3 Å². The van der Waals surface area contributed by atoms with Crippen LogP contribution in [0.3, 0.4) is 0 Å². The molecular formula is C11H10N6O2. The Morgan fingerprint density at radius 2 is 2.37 bits per heavy atom. The summed E-state index contributed by atoms with van der Waals surface area (Å²) >= 11 is 0. The van der Waals surface area contributed by atoms with Crippen molar-refractivity contribution < 1.29 is 4.92 Å². The SMILES string of the molecule is CC(Nc1ncc(C#N)cc1[N+](=O)[O-])c1ncc[nH]1. The molecule has 0 aliphatic heterocycles. The van der Waals surface area contributed by atoms with Gasteiger partial charge in [0, 0.05) is 24.7 Å². The Morgan fingerprint density at radius 1 is 1.58 bits per heavy atom. The minimum Gasteiger partial charge on any atom is -0.355 e. The van der Waals surface area contributed by atoms with Crippen LogP contribution in [0.15, 0.2) is 24.7 Å². The largest absolute Gasteiger partial charge is 0.355 e. The number of hydrogen-bond donors (Lipinski definition) is 2. The maximum absolute atomic E-state index is 11.0. The standard InChI is InChI=1S/C11H10N6O2/c1-7(10-13-2-3-14-10)16-11-9(17(18)19)4-8(5-12)6-15-11/h2-4,6-7H,1H3,(H,13,14)(H,15,16). The zero-order valence-corrected chi connectivity index (χ0v) is 9.99. The maximum Gasteiger partial charge on any atom is 0.312 e. The Bertz CT molecular complexity index is 631. The molecule has 0 aromatic carbocycles. The van der Waals surface area contributed by atoms with Crippen LogP contribution in [0.1, 0.15) is 24.4 Å². The number of nitriles is 1. The van der Waals surface area contributed by atoms with Crippen LogP contribution < -0.4 is 5.32 Å². The summed E-state index contributed by atoms with van der Waals surface area (Å²) in [6.45, 7) is 1.79. The van der Waals surface area contributed by atoms with Crippen LogP contribution in [-0.4, -0.2) is 19.9 Å². The molecule has 2 rings (SSSR count). The summed E-state index contributed by atoms with van der Waals surface area (Å²) in [6.07, 6.45) is 4.53. The summed E-state index contributed by atoms with van der Waals surface area (Å²) in [5, 5.41) is 22.6. The van der Waals surface area contributed by atoms with E-state index in [4.69, 9.17) is 5.26 Å². The quantitative estimate of drug-likeness (QED) is 0.636. The molecule has 0 saturated carbocycles. The van der Waals surface area contributed by atoms with E-state index in [0.29, 0.717) is 5.82 Å². The molecule has 8 heteroatoms. The van der Waals surface area contributed by atoms with Gasteiger partial charge in [0.1, 0.15) is 11.9 Å². The average Bonchev–Trinajstić information content (AvgIpc) is 2.92. The Hall–Kier alpha value is -2.95. The highest BCUT2D eigenvalue weighted by atomic mass is 16.6.